The van der Waals surface area contributed by atoms with Gasteiger partial charge in [0.2, 0.25) is 11.2 Å². The number of rotatable bonds is 4. The number of hydrogen-bond acceptors (Lipinski definition) is 6. The van der Waals surface area contributed by atoms with E-state index in [-0.39, 0.29) is 24.4 Å². The summed E-state index contributed by atoms with van der Waals surface area (Å²) in [5, 5.41) is 2.23. The van der Waals surface area contributed by atoms with Gasteiger partial charge in [-0.05, 0) is 19.3 Å². The number of aromatic nitrogens is 1. The Balaban J connectivity index is 1.47. The van der Waals surface area contributed by atoms with Crippen molar-refractivity contribution in [1.29, 1.82) is 0 Å². The molecule has 3 heterocycles. The van der Waals surface area contributed by atoms with Gasteiger partial charge in [0.25, 0.3) is 11.8 Å². The Morgan fingerprint density at radius 1 is 1.21 bits per heavy atom. The first kappa shape index (κ1) is 21.5. The average Bonchev–Trinajstić information content (AvgIpc) is 3.13. The molecule has 2 bridgehead atoms. The molecule has 12 heteroatoms. The fourth-order valence-corrected chi connectivity index (χ4v) is 4.81. The van der Waals surface area contributed by atoms with Crippen molar-refractivity contribution in [1.82, 2.24) is 14.8 Å². The normalized spacial score (nSPS) is 23.2. The molecule has 0 radical (unpaired) electrons. The second-order valence-electron chi connectivity index (χ2n) is 8.24. The molecule has 2 amide bonds. The van der Waals surface area contributed by atoms with Gasteiger partial charge in [-0.2, -0.15) is 5.90 Å². The number of nitrogens with zero attached hydrogens (tertiary/aromatic N) is 2. The van der Waals surface area contributed by atoms with Gasteiger partial charge in [-0.15, -0.1) is 0 Å². The zero-order chi connectivity index (χ0) is 23.4. The molecule has 2 aromatic rings. The molecule has 2 fully saturated rings. The van der Waals surface area contributed by atoms with Crippen molar-refractivity contribution in [2.45, 2.75) is 50.7 Å². The van der Waals surface area contributed by atoms with Crippen LogP contribution in [0.2, 0.25) is 0 Å². The molecule has 1 saturated heterocycles. The van der Waals surface area contributed by atoms with Crippen molar-refractivity contribution in [3.8, 4) is 5.75 Å². The van der Waals surface area contributed by atoms with Gasteiger partial charge in [-0.1, -0.05) is 0 Å². The lowest BCUT2D eigenvalue weighted by atomic mass is 10.1. The second-order valence-corrected chi connectivity index (χ2v) is 8.24. The Hall–Kier alpha value is -3.38. The van der Waals surface area contributed by atoms with Crippen LogP contribution >= 0.6 is 0 Å². The van der Waals surface area contributed by atoms with Crippen molar-refractivity contribution in [2.24, 2.45) is 5.90 Å². The molecule has 3 N–H and O–H groups in total. The summed E-state index contributed by atoms with van der Waals surface area (Å²) in [6, 6.07) is 0.944. The summed E-state index contributed by atoms with van der Waals surface area (Å²) in [6.07, 6.45) is 2.96. The lowest BCUT2D eigenvalue weighted by Gasteiger charge is -2.44. The Labute approximate surface area is 184 Å². The number of carbonyl (C=O) groups excluding carboxylic acids is 2. The van der Waals surface area contributed by atoms with Crippen LogP contribution in [0.25, 0.3) is 0 Å². The molecule has 3 aliphatic rings. The quantitative estimate of drug-likeness (QED) is 0.657. The molecular weight excluding hydrogens is 445 g/mol. The number of halogens is 3. The number of benzene rings is 1. The summed E-state index contributed by atoms with van der Waals surface area (Å²) in [5.41, 5.74) is -2.06. The molecule has 3 atom stereocenters. The van der Waals surface area contributed by atoms with Gasteiger partial charge >= 0.3 is 0 Å². The number of fused-ring (bicyclic) bond motifs is 5. The van der Waals surface area contributed by atoms with Crippen molar-refractivity contribution >= 4 is 11.8 Å². The van der Waals surface area contributed by atoms with E-state index in [0.29, 0.717) is 18.6 Å². The molecule has 9 nitrogen and oxygen atoms in total. The third-order valence-corrected chi connectivity index (χ3v) is 6.33. The predicted octanol–water partition coefficient (Wildman–Crippen LogP) is 1.18. The van der Waals surface area contributed by atoms with E-state index >= 15 is 0 Å². The average molecular weight is 464 g/mol. The van der Waals surface area contributed by atoms with E-state index in [2.05, 4.69) is 5.32 Å². The first-order valence-electron chi connectivity index (χ1n) is 10.3. The van der Waals surface area contributed by atoms with Crippen molar-refractivity contribution in [3.05, 3.63) is 62.8 Å². The summed E-state index contributed by atoms with van der Waals surface area (Å²) in [4.78, 5) is 45.1. The van der Waals surface area contributed by atoms with Crippen LogP contribution < -0.4 is 21.5 Å². The first-order chi connectivity index (χ1) is 15.8. The highest BCUT2D eigenvalue weighted by Crippen LogP contribution is 2.38. The third-order valence-electron chi connectivity index (χ3n) is 6.33. The van der Waals surface area contributed by atoms with Crippen LogP contribution in [0.3, 0.4) is 0 Å². The topological polar surface area (TPSA) is 116 Å². The molecule has 1 aliphatic carbocycles. The summed E-state index contributed by atoms with van der Waals surface area (Å²) >= 11 is 0. The second kappa shape index (κ2) is 7.89. The first-order valence-corrected chi connectivity index (χ1v) is 10.3. The highest BCUT2D eigenvalue weighted by Gasteiger charge is 2.47. The van der Waals surface area contributed by atoms with E-state index < -0.39 is 64.3 Å². The SMILES string of the molecule is NOc1c2n(cc(C(=O)NCc3c(F)cc(F)cc3F)c1=O)C[C@H]1O[C@@H]3CC[C@H](C3)N1C2=O. The Morgan fingerprint density at radius 2 is 1.94 bits per heavy atom. The minimum Gasteiger partial charge on any atom is -0.405 e. The molecule has 2 aliphatic heterocycles. The van der Waals surface area contributed by atoms with Crippen LogP contribution in [0.1, 0.15) is 45.7 Å². The molecule has 0 unspecified atom stereocenters. The standard InChI is InChI=1S/C21H19F3N4O5/c22-9-3-14(23)12(15(24)4-9)6-26-20(30)13-7-27-8-16-28(10-1-2-11(5-10)32-16)21(31)17(27)19(33-25)18(13)29/h3-4,7,10-11,16H,1-2,5-6,8,25H2,(H,26,30)/t10-,11-,16-/m1/s1. The largest absolute Gasteiger partial charge is 0.405 e. The lowest BCUT2D eigenvalue weighted by molar-refractivity contribution is -0.132. The van der Waals surface area contributed by atoms with Gasteiger partial charge in [0.05, 0.1) is 12.6 Å². The Kier molecular flexibility index (Phi) is 5.13. The maximum Gasteiger partial charge on any atom is 0.276 e. The highest BCUT2D eigenvalue weighted by atomic mass is 19.1. The number of carbonyl (C=O) groups is 2. The molecular formula is C21H19F3N4O5. The van der Waals surface area contributed by atoms with Crippen LogP contribution in [-0.2, 0) is 17.8 Å². The van der Waals surface area contributed by atoms with Crippen LogP contribution in [-0.4, -0.2) is 39.7 Å². The van der Waals surface area contributed by atoms with Crippen LogP contribution in [0, 0.1) is 17.5 Å². The molecule has 1 aromatic heterocycles. The van der Waals surface area contributed by atoms with Gasteiger partial charge in [-0.25, -0.2) is 13.2 Å². The zero-order valence-corrected chi connectivity index (χ0v) is 17.1. The fourth-order valence-electron chi connectivity index (χ4n) is 4.81. The minimum absolute atomic E-state index is 0.0146. The zero-order valence-electron chi connectivity index (χ0n) is 17.1. The van der Waals surface area contributed by atoms with Gasteiger partial charge in [0.15, 0.2) is 11.9 Å². The number of ether oxygens (including phenoxy) is 1. The van der Waals surface area contributed by atoms with Gasteiger partial charge in [0.1, 0.15) is 23.0 Å². The summed E-state index contributed by atoms with van der Waals surface area (Å²) < 4.78 is 48.2. The number of nitrogens with one attached hydrogen (secondary N) is 1. The highest BCUT2D eigenvalue weighted by molar-refractivity contribution is 5.99. The maximum atomic E-state index is 13.9. The van der Waals surface area contributed by atoms with Crippen LogP contribution in [0.5, 0.6) is 5.75 Å². The monoisotopic (exact) mass is 464 g/mol. The molecule has 1 aromatic carbocycles. The smallest absolute Gasteiger partial charge is 0.276 e. The van der Waals surface area contributed by atoms with Gasteiger partial charge in [-0.3, -0.25) is 14.4 Å². The van der Waals surface area contributed by atoms with Crippen molar-refractivity contribution in [2.75, 3.05) is 0 Å². The number of amides is 2. The van der Waals surface area contributed by atoms with Gasteiger partial charge in [0, 0.05) is 36.5 Å². The van der Waals surface area contributed by atoms with E-state index in [0.717, 1.165) is 12.8 Å². The summed E-state index contributed by atoms with van der Waals surface area (Å²) in [6.45, 7) is -0.495. The Bertz CT molecular complexity index is 1210. The maximum absolute atomic E-state index is 13.9. The number of hydrogen-bond donors (Lipinski definition) is 2. The number of nitrogens with two attached hydrogens (primary N) is 1. The van der Waals surface area contributed by atoms with Crippen LogP contribution in [0.15, 0.2) is 23.1 Å². The number of pyridine rings is 1. The molecule has 33 heavy (non-hydrogen) atoms. The minimum atomic E-state index is -1.18. The lowest BCUT2D eigenvalue weighted by Crippen LogP contribution is -2.57. The van der Waals surface area contributed by atoms with Crippen LogP contribution in [0.4, 0.5) is 13.2 Å². The molecule has 5 rings (SSSR count). The van der Waals surface area contributed by atoms with Crippen molar-refractivity contribution in [3.63, 3.8) is 0 Å². The van der Waals surface area contributed by atoms with E-state index in [1.54, 1.807) is 4.90 Å². The van der Waals surface area contributed by atoms with E-state index in [4.69, 9.17) is 15.5 Å². The third kappa shape index (κ3) is 3.45. The molecule has 174 valence electrons. The summed E-state index contributed by atoms with van der Waals surface area (Å²) in [5.74, 6) is -0.158. The molecule has 1 saturated carbocycles. The molecule has 0 spiro atoms. The summed E-state index contributed by atoms with van der Waals surface area (Å²) in [7, 11) is 0. The van der Waals surface area contributed by atoms with E-state index in [1.807, 2.05) is 0 Å². The van der Waals surface area contributed by atoms with E-state index in [9.17, 15) is 27.6 Å². The fraction of sp³-hybridized carbons (Fsp3) is 0.381. The Morgan fingerprint density at radius 3 is 2.64 bits per heavy atom. The van der Waals surface area contributed by atoms with Crippen molar-refractivity contribution < 1.29 is 32.3 Å². The predicted molar refractivity (Wildman–Crippen MR) is 105 cm³/mol. The van der Waals surface area contributed by atoms with Gasteiger partial charge < -0.3 is 24.4 Å². The van der Waals surface area contributed by atoms with E-state index in [1.165, 1.54) is 10.8 Å².